The molecule has 0 aliphatic carbocycles. The molecule has 2 saturated heterocycles. The van der Waals surface area contributed by atoms with E-state index < -0.39 is 0 Å². The summed E-state index contributed by atoms with van der Waals surface area (Å²) in [5, 5.41) is 6.38. The van der Waals surface area contributed by atoms with E-state index in [1.54, 1.807) is 18.2 Å². The Morgan fingerprint density at radius 1 is 1.03 bits per heavy atom. The number of hydrogen-bond donors (Lipinski definition) is 1. The molecule has 0 spiro atoms. The number of rotatable bonds is 7. The Balaban J connectivity index is 1.23. The zero-order valence-electron chi connectivity index (χ0n) is 20.0. The lowest BCUT2D eigenvalue weighted by atomic mass is 10.0. The number of nitrogens with one attached hydrogen (secondary N) is 1. The van der Waals surface area contributed by atoms with E-state index in [0.29, 0.717) is 21.7 Å². The number of carbonyl (C=O) groups excluding carboxylic acids is 1. The number of likely N-dealkylation sites (tertiary alicyclic amines) is 2. The fourth-order valence-corrected chi connectivity index (χ4v) is 5.51. The molecule has 2 aliphatic heterocycles. The molecule has 35 heavy (non-hydrogen) atoms. The molecule has 1 N–H and O–H groups in total. The van der Waals surface area contributed by atoms with Gasteiger partial charge in [-0.3, -0.25) is 9.69 Å². The highest BCUT2D eigenvalue weighted by Gasteiger charge is 2.25. The average Bonchev–Trinajstić information content (AvgIpc) is 3.48. The van der Waals surface area contributed by atoms with Crippen molar-refractivity contribution in [2.75, 3.05) is 33.3 Å². The van der Waals surface area contributed by atoms with Gasteiger partial charge in [0.25, 0.3) is 5.91 Å². The van der Waals surface area contributed by atoms with Crippen molar-refractivity contribution in [2.45, 2.75) is 37.9 Å². The van der Waals surface area contributed by atoms with Gasteiger partial charge >= 0.3 is 0 Å². The summed E-state index contributed by atoms with van der Waals surface area (Å²) in [4.78, 5) is 17.5. The molecule has 1 amide bonds. The van der Waals surface area contributed by atoms with E-state index in [-0.39, 0.29) is 11.9 Å². The average molecular weight is 512 g/mol. The number of nitrogens with zero attached hydrogens (tertiary/aromatic N) is 2. The maximum absolute atomic E-state index is 12.7. The first kappa shape index (κ1) is 24.4. The SMILES string of the molecule is CN1CCC[C@H]1COc1ccc(CN2CC[C@H](NC(=O)c3ccc(Cl)c(Cl)c3)C2)c2ccccc12. The quantitative estimate of drug-likeness (QED) is 0.446. The predicted octanol–water partition coefficient (Wildman–Crippen LogP) is 5.62. The molecule has 2 atom stereocenters. The van der Waals surface area contributed by atoms with Crippen LogP contribution < -0.4 is 10.1 Å². The molecule has 5 rings (SSSR count). The minimum Gasteiger partial charge on any atom is -0.491 e. The van der Waals surface area contributed by atoms with Crippen molar-refractivity contribution in [3.05, 3.63) is 75.8 Å². The van der Waals surface area contributed by atoms with Gasteiger partial charge in [-0.1, -0.05) is 53.5 Å². The monoisotopic (exact) mass is 511 g/mol. The van der Waals surface area contributed by atoms with E-state index in [9.17, 15) is 4.79 Å². The Morgan fingerprint density at radius 2 is 1.86 bits per heavy atom. The molecule has 2 fully saturated rings. The summed E-state index contributed by atoms with van der Waals surface area (Å²) >= 11 is 12.1. The number of benzene rings is 3. The van der Waals surface area contributed by atoms with E-state index in [1.807, 2.05) is 0 Å². The first-order valence-corrected chi connectivity index (χ1v) is 13.1. The highest BCUT2D eigenvalue weighted by Crippen LogP contribution is 2.31. The Kier molecular flexibility index (Phi) is 7.49. The summed E-state index contributed by atoms with van der Waals surface area (Å²) in [6, 6.07) is 18.4. The van der Waals surface area contributed by atoms with Crippen LogP contribution in [0.15, 0.2) is 54.6 Å². The van der Waals surface area contributed by atoms with E-state index in [1.165, 1.54) is 23.8 Å². The van der Waals surface area contributed by atoms with Crippen LogP contribution in [-0.2, 0) is 6.54 Å². The maximum atomic E-state index is 12.7. The molecule has 7 heteroatoms. The van der Waals surface area contributed by atoms with Gasteiger partial charge in [-0.05, 0) is 68.1 Å². The third kappa shape index (κ3) is 5.59. The lowest BCUT2D eigenvalue weighted by molar-refractivity contribution is 0.0937. The molecule has 2 aliphatic rings. The lowest BCUT2D eigenvalue weighted by Gasteiger charge is -2.21. The van der Waals surface area contributed by atoms with E-state index in [0.717, 1.165) is 50.3 Å². The van der Waals surface area contributed by atoms with Crippen LogP contribution in [0.1, 0.15) is 35.2 Å². The smallest absolute Gasteiger partial charge is 0.251 e. The molecule has 3 aromatic rings. The molecule has 5 nitrogen and oxygen atoms in total. The van der Waals surface area contributed by atoms with Gasteiger partial charge in [-0.25, -0.2) is 0 Å². The Morgan fingerprint density at radius 3 is 2.63 bits per heavy atom. The topological polar surface area (TPSA) is 44.8 Å². The number of amides is 1. The van der Waals surface area contributed by atoms with Gasteiger partial charge in [0, 0.05) is 42.7 Å². The van der Waals surface area contributed by atoms with Crippen molar-refractivity contribution in [2.24, 2.45) is 0 Å². The number of likely N-dealkylation sites (N-methyl/N-ethyl adjacent to an activating group) is 1. The molecule has 0 radical (unpaired) electrons. The standard InChI is InChI=1S/C28H31Cl2N3O2/c1-32-13-4-5-22(32)18-35-27-11-9-20(23-6-2-3-7-24(23)27)16-33-14-12-21(17-33)31-28(34)19-8-10-25(29)26(30)15-19/h2-3,6-11,15,21-22H,4-5,12-14,16-18H2,1H3,(H,31,34)/t21-,22-/m0/s1. The summed E-state index contributed by atoms with van der Waals surface area (Å²) in [5.74, 6) is 0.841. The number of hydrogen-bond acceptors (Lipinski definition) is 4. The summed E-state index contributed by atoms with van der Waals surface area (Å²) in [6.07, 6.45) is 3.36. The van der Waals surface area contributed by atoms with Crippen LogP contribution in [0.3, 0.4) is 0 Å². The van der Waals surface area contributed by atoms with Crippen molar-refractivity contribution < 1.29 is 9.53 Å². The third-order valence-electron chi connectivity index (χ3n) is 7.26. The van der Waals surface area contributed by atoms with Gasteiger partial charge < -0.3 is 15.0 Å². The number of fused-ring (bicyclic) bond motifs is 1. The summed E-state index contributed by atoms with van der Waals surface area (Å²) in [7, 11) is 2.18. The zero-order chi connectivity index (χ0) is 24.4. The second kappa shape index (κ2) is 10.8. The van der Waals surface area contributed by atoms with Gasteiger partial charge in [0.15, 0.2) is 0 Å². The zero-order valence-corrected chi connectivity index (χ0v) is 21.5. The van der Waals surface area contributed by atoms with Crippen LogP contribution in [0.5, 0.6) is 5.75 Å². The fraction of sp³-hybridized carbons (Fsp3) is 0.393. The molecular formula is C28H31Cl2N3O2. The van der Waals surface area contributed by atoms with E-state index in [4.69, 9.17) is 27.9 Å². The second-order valence-corrected chi connectivity index (χ2v) is 10.5. The van der Waals surface area contributed by atoms with Crippen molar-refractivity contribution in [3.63, 3.8) is 0 Å². The number of ether oxygens (including phenoxy) is 1. The maximum Gasteiger partial charge on any atom is 0.251 e. The molecule has 184 valence electrons. The van der Waals surface area contributed by atoms with Crippen molar-refractivity contribution in [1.82, 2.24) is 15.1 Å². The molecule has 0 bridgehead atoms. The second-order valence-electron chi connectivity index (χ2n) is 9.68. The van der Waals surface area contributed by atoms with Crippen molar-refractivity contribution in [1.29, 1.82) is 0 Å². The van der Waals surface area contributed by atoms with Crippen LogP contribution in [0.4, 0.5) is 0 Å². The fourth-order valence-electron chi connectivity index (χ4n) is 5.21. The minimum absolute atomic E-state index is 0.106. The normalized spacial score (nSPS) is 21.0. The van der Waals surface area contributed by atoms with Crippen LogP contribution in [0.2, 0.25) is 10.0 Å². The Bertz CT molecular complexity index is 1220. The number of halogens is 2. The third-order valence-corrected chi connectivity index (χ3v) is 8.00. The Hall–Kier alpha value is -2.31. The van der Waals surface area contributed by atoms with Gasteiger partial charge in [-0.2, -0.15) is 0 Å². The minimum atomic E-state index is -0.115. The van der Waals surface area contributed by atoms with Crippen LogP contribution >= 0.6 is 23.2 Å². The van der Waals surface area contributed by atoms with Crippen LogP contribution in [-0.4, -0.2) is 61.1 Å². The molecular weight excluding hydrogens is 481 g/mol. The first-order valence-electron chi connectivity index (χ1n) is 12.3. The largest absolute Gasteiger partial charge is 0.491 e. The lowest BCUT2D eigenvalue weighted by Crippen LogP contribution is -2.37. The van der Waals surface area contributed by atoms with Gasteiger partial charge in [0.1, 0.15) is 12.4 Å². The van der Waals surface area contributed by atoms with Gasteiger partial charge in [0.2, 0.25) is 0 Å². The summed E-state index contributed by atoms with van der Waals surface area (Å²) in [5.41, 5.74) is 1.81. The molecule has 2 heterocycles. The molecule has 0 aromatic heterocycles. The van der Waals surface area contributed by atoms with Crippen molar-refractivity contribution >= 4 is 39.9 Å². The molecule has 0 unspecified atom stereocenters. The molecule has 0 saturated carbocycles. The first-order chi connectivity index (χ1) is 17.0. The summed E-state index contributed by atoms with van der Waals surface area (Å²) in [6.45, 7) is 4.47. The van der Waals surface area contributed by atoms with Crippen LogP contribution in [0.25, 0.3) is 10.8 Å². The predicted molar refractivity (Wildman–Crippen MR) is 143 cm³/mol. The van der Waals surface area contributed by atoms with Gasteiger partial charge in [-0.15, -0.1) is 0 Å². The van der Waals surface area contributed by atoms with Crippen LogP contribution in [0, 0.1) is 0 Å². The highest BCUT2D eigenvalue weighted by atomic mass is 35.5. The Labute approximate surface area is 216 Å². The molecule has 3 aromatic carbocycles. The number of carbonyl (C=O) groups is 1. The van der Waals surface area contributed by atoms with E-state index in [2.05, 4.69) is 58.6 Å². The van der Waals surface area contributed by atoms with E-state index >= 15 is 0 Å². The van der Waals surface area contributed by atoms with Crippen molar-refractivity contribution in [3.8, 4) is 5.75 Å². The highest BCUT2D eigenvalue weighted by molar-refractivity contribution is 6.42. The van der Waals surface area contributed by atoms with Gasteiger partial charge in [0.05, 0.1) is 10.0 Å². The summed E-state index contributed by atoms with van der Waals surface area (Å²) < 4.78 is 6.30.